The topological polar surface area (TPSA) is 50.2 Å². The first-order valence-electron chi connectivity index (χ1n) is 4.70. The van der Waals surface area contributed by atoms with Gasteiger partial charge in [-0.1, -0.05) is 0 Å². The second-order valence-corrected chi connectivity index (χ2v) is 6.08. The molecule has 0 aliphatic rings. The van der Waals surface area contributed by atoms with Crippen molar-refractivity contribution in [2.75, 3.05) is 0 Å². The summed E-state index contributed by atoms with van der Waals surface area (Å²) in [6.07, 6.45) is 1.76. The average molecular weight is 330 g/mol. The fourth-order valence-corrected chi connectivity index (χ4v) is 3.17. The zero-order valence-electron chi connectivity index (χ0n) is 8.59. The number of carboxylic acids is 1. The van der Waals surface area contributed by atoms with Crippen LogP contribution in [0.3, 0.4) is 0 Å². The summed E-state index contributed by atoms with van der Waals surface area (Å²) in [6, 6.07) is 5.58. The number of hydrogen-bond donors (Lipinski definition) is 1. The molecule has 0 radical (unpaired) electrons. The van der Waals surface area contributed by atoms with Crippen molar-refractivity contribution in [3.8, 4) is 0 Å². The second kappa shape index (κ2) is 5.66. The third kappa shape index (κ3) is 3.55. The molecule has 3 nitrogen and oxygen atoms in total. The van der Waals surface area contributed by atoms with Gasteiger partial charge in [-0.3, -0.25) is 4.98 Å². The maximum atomic E-state index is 10.7. The van der Waals surface area contributed by atoms with E-state index in [4.69, 9.17) is 5.11 Å². The van der Waals surface area contributed by atoms with Gasteiger partial charge in [0, 0.05) is 26.7 Å². The summed E-state index contributed by atoms with van der Waals surface area (Å²) in [6.45, 7) is 0. The predicted octanol–water partition coefficient (Wildman–Crippen LogP) is 3.90. The molecule has 0 amide bonds. The lowest BCUT2D eigenvalue weighted by Crippen LogP contribution is -1.90. The van der Waals surface area contributed by atoms with E-state index in [2.05, 4.69) is 20.9 Å². The Morgan fingerprint density at radius 2 is 2.35 bits per heavy atom. The van der Waals surface area contributed by atoms with Gasteiger partial charge >= 0.3 is 5.97 Å². The van der Waals surface area contributed by atoms with Crippen molar-refractivity contribution in [2.45, 2.75) is 10.6 Å². The van der Waals surface area contributed by atoms with E-state index in [1.54, 1.807) is 24.0 Å². The molecule has 0 fully saturated rings. The quantitative estimate of drug-likeness (QED) is 0.864. The summed E-state index contributed by atoms with van der Waals surface area (Å²) in [5.41, 5.74) is 0.973. The highest BCUT2D eigenvalue weighted by molar-refractivity contribution is 9.10. The highest BCUT2D eigenvalue weighted by Gasteiger charge is 2.07. The van der Waals surface area contributed by atoms with Gasteiger partial charge in [-0.15, -0.1) is 23.1 Å². The van der Waals surface area contributed by atoms with Crippen LogP contribution in [0.1, 0.15) is 15.4 Å². The molecule has 0 aliphatic heterocycles. The fraction of sp³-hybridized carbons (Fsp3) is 0.0909. The zero-order chi connectivity index (χ0) is 12.3. The molecule has 2 heterocycles. The predicted molar refractivity (Wildman–Crippen MR) is 72.8 cm³/mol. The molecule has 6 heteroatoms. The van der Waals surface area contributed by atoms with Crippen LogP contribution >= 0.6 is 39.0 Å². The molecule has 0 aliphatic carbocycles. The van der Waals surface area contributed by atoms with Crippen molar-refractivity contribution in [3.63, 3.8) is 0 Å². The van der Waals surface area contributed by atoms with E-state index < -0.39 is 5.97 Å². The third-order valence-electron chi connectivity index (χ3n) is 1.96. The lowest BCUT2D eigenvalue weighted by molar-refractivity contribution is 0.0702. The number of hydrogen-bond acceptors (Lipinski definition) is 4. The number of carbonyl (C=O) groups is 1. The molecule has 2 aromatic rings. The standard InChI is InChI=1S/C11H8BrNO2S2/c12-7-1-2-8(13-4-7)5-16-9-3-10(11(14)15)17-6-9/h1-4,6H,5H2,(H,14,15). The van der Waals surface area contributed by atoms with Gasteiger partial charge in [0.15, 0.2) is 0 Å². The van der Waals surface area contributed by atoms with Gasteiger partial charge in [-0.2, -0.15) is 0 Å². The van der Waals surface area contributed by atoms with Crippen molar-refractivity contribution < 1.29 is 9.90 Å². The van der Waals surface area contributed by atoms with Crippen molar-refractivity contribution in [1.82, 2.24) is 4.98 Å². The molecule has 0 spiro atoms. The Labute approximate surface area is 115 Å². The van der Waals surface area contributed by atoms with Gasteiger partial charge in [-0.25, -0.2) is 4.79 Å². The van der Waals surface area contributed by atoms with Gasteiger partial charge in [0.2, 0.25) is 0 Å². The minimum atomic E-state index is -0.872. The fourth-order valence-electron chi connectivity index (χ4n) is 1.16. The van der Waals surface area contributed by atoms with Crippen molar-refractivity contribution in [2.24, 2.45) is 0 Å². The molecule has 0 bridgehead atoms. The zero-order valence-corrected chi connectivity index (χ0v) is 11.8. The van der Waals surface area contributed by atoms with Crippen molar-refractivity contribution in [3.05, 3.63) is 44.8 Å². The summed E-state index contributed by atoms with van der Waals surface area (Å²) < 4.78 is 0.954. The highest BCUT2D eigenvalue weighted by atomic mass is 79.9. The first-order valence-corrected chi connectivity index (χ1v) is 7.36. The van der Waals surface area contributed by atoms with Gasteiger partial charge in [0.25, 0.3) is 0 Å². The molecule has 0 aromatic carbocycles. The number of nitrogens with zero attached hydrogens (tertiary/aromatic N) is 1. The van der Waals surface area contributed by atoms with E-state index in [9.17, 15) is 4.79 Å². The number of pyridine rings is 1. The van der Waals surface area contributed by atoms with Crippen LogP contribution in [0, 0.1) is 0 Å². The van der Waals surface area contributed by atoms with Gasteiger partial charge < -0.3 is 5.11 Å². The highest BCUT2D eigenvalue weighted by Crippen LogP contribution is 2.27. The van der Waals surface area contributed by atoms with Gasteiger partial charge in [0.1, 0.15) is 4.88 Å². The second-order valence-electron chi connectivity index (χ2n) is 3.21. The molecule has 0 unspecified atom stereocenters. The van der Waals surface area contributed by atoms with E-state index in [-0.39, 0.29) is 0 Å². The number of carboxylic acid groups (broad SMARTS) is 1. The Hall–Kier alpha value is -0.850. The summed E-state index contributed by atoms with van der Waals surface area (Å²) in [5, 5.41) is 10.7. The number of thioether (sulfide) groups is 1. The largest absolute Gasteiger partial charge is 0.477 e. The first-order chi connectivity index (χ1) is 8.15. The Kier molecular flexibility index (Phi) is 4.20. The van der Waals surface area contributed by atoms with Crippen LogP contribution in [0.5, 0.6) is 0 Å². The normalized spacial score (nSPS) is 10.4. The number of rotatable bonds is 4. The Balaban J connectivity index is 1.97. The minimum Gasteiger partial charge on any atom is -0.477 e. The van der Waals surface area contributed by atoms with Crippen molar-refractivity contribution in [1.29, 1.82) is 0 Å². The van der Waals surface area contributed by atoms with Crippen LogP contribution in [0.25, 0.3) is 0 Å². The molecule has 88 valence electrons. The lowest BCUT2D eigenvalue weighted by atomic mass is 10.4. The van der Waals surface area contributed by atoms with Gasteiger partial charge in [0.05, 0.1) is 5.69 Å². The Morgan fingerprint density at radius 3 is 2.94 bits per heavy atom. The molecule has 17 heavy (non-hydrogen) atoms. The van der Waals surface area contributed by atoms with Crippen molar-refractivity contribution >= 4 is 45.0 Å². The molecule has 2 rings (SSSR count). The minimum absolute atomic E-state index is 0.372. The Morgan fingerprint density at radius 1 is 1.53 bits per heavy atom. The van der Waals surface area contributed by atoms with Crippen LogP contribution in [-0.4, -0.2) is 16.1 Å². The van der Waals surface area contributed by atoms with Crippen LogP contribution in [0.15, 0.2) is 39.1 Å². The lowest BCUT2D eigenvalue weighted by Gasteiger charge is -1.98. The van der Waals surface area contributed by atoms with Crippen LogP contribution in [0.4, 0.5) is 0 Å². The average Bonchev–Trinajstić information content (AvgIpc) is 2.77. The maximum absolute atomic E-state index is 10.7. The number of aromatic nitrogens is 1. The van der Waals surface area contributed by atoms with E-state index in [0.29, 0.717) is 4.88 Å². The van der Waals surface area contributed by atoms with Gasteiger partial charge in [-0.05, 0) is 34.1 Å². The summed E-state index contributed by atoms with van der Waals surface area (Å²) >= 11 is 6.16. The first kappa shape index (κ1) is 12.6. The van der Waals surface area contributed by atoms with Crippen LogP contribution < -0.4 is 0 Å². The van der Waals surface area contributed by atoms with E-state index in [1.807, 2.05) is 17.5 Å². The molecule has 0 atom stereocenters. The molecular formula is C11H8BrNO2S2. The number of aromatic carboxylic acids is 1. The summed E-state index contributed by atoms with van der Waals surface area (Å²) in [7, 11) is 0. The van der Waals surface area contributed by atoms with Crippen LogP contribution in [-0.2, 0) is 5.75 Å². The third-order valence-corrected chi connectivity index (χ3v) is 4.51. The molecule has 1 N–H and O–H groups in total. The molecular weight excluding hydrogens is 322 g/mol. The summed E-state index contributed by atoms with van der Waals surface area (Å²) in [4.78, 5) is 16.3. The molecule has 0 saturated heterocycles. The monoisotopic (exact) mass is 329 g/mol. The SMILES string of the molecule is O=C(O)c1cc(SCc2ccc(Br)cn2)cs1. The molecule has 2 aromatic heterocycles. The van der Waals surface area contributed by atoms with E-state index in [1.165, 1.54) is 11.3 Å². The van der Waals surface area contributed by atoms with E-state index in [0.717, 1.165) is 20.8 Å². The van der Waals surface area contributed by atoms with E-state index >= 15 is 0 Å². The number of halogens is 1. The smallest absolute Gasteiger partial charge is 0.345 e. The van der Waals surface area contributed by atoms with Crippen LogP contribution in [0.2, 0.25) is 0 Å². The number of thiophene rings is 1. The maximum Gasteiger partial charge on any atom is 0.345 e. The Bertz CT molecular complexity index is 525. The summed E-state index contributed by atoms with van der Waals surface area (Å²) in [5.74, 6) is -0.132. The molecule has 0 saturated carbocycles.